The topological polar surface area (TPSA) is 50.8 Å². The molecule has 0 saturated carbocycles. The second-order valence-electron chi connectivity index (χ2n) is 2.94. The third-order valence-electron chi connectivity index (χ3n) is 1.66. The lowest BCUT2D eigenvalue weighted by Crippen LogP contribution is -2.81. The number of primary amides is 1. The van der Waals surface area contributed by atoms with E-state index in [0.29, 0.717) is 5.56 Å². The quantitative estimate of drug-likeness (QED) is 0.533. The minimum Gasteiger partial charge on any atom is -0.295 e. The summed E-state index contributed by atoms with van der Waals surface area (Å²) in [5.74, 6) is -0.000459. The Labute approximate surface area is 76.8 Å². The highest BCUT2D eigenvalue weighted by atomic mass is 16.1. The van der Waals surface area contributed by atoms with Crippen molar-refractivity contribution in [2.45, 2.75) is 13.8 Å². The molecule has 3 nitrogen and oxygen atoms in total. The highest BCUT2D eigenvalue weighted by Crippen LogP contribution is 2.05. The molecule has 0 fully saturated rings. The fourth-order valence-corrected chi connectivity index (χ4v) is 1.08. The number of carbonyl (C=O) groups excluding carboxylic acids is 2. The first-order valence-electron chi connectivity index (χ1n) is 4.06. The van der Waals surface area contributed by atoms with E-state index in [0.717, 1.165) is 5.69 Å². The first-order chi connectivity index (χ1) is 6.09. The second kappa shape index (κ2) is 3.96. The van der Waals surface area contributed by atoms with E-state index in [2.05, 4.69) is 0 Å². The Bertz CT molecular complexity index is 345. The molecule has 0 aromatic heterocycles. The number of quaternary nitrogens is 1. The molecule has 0 spiro atoms. The molecule has 0 atom stereocenters. The van der Waals surface area contributed by atoms with Gasteiger partial charge < -0.3 is 0 Å². The van der Waals surface area contributed by atoms with Crippen LogP contribution >= 0.6 is 0 Å². The van der Waals surface area contributed by atoms with Crippen LogP contribution in [0.1, 0.15) is 24.2 Å². The smallest absolute Gasteiger partial charge is 0.295 e. The van der Waals surface area contributed by atoms with E-state index in [1.54, 1.807) is 24.3 Å². The largest absolute Gasteiger partial charge is 0.312 e. The molecule has 0 aliphatic rings. The van der Waals surface area contributed by atoms with E-state index in [1.807, 2.05) is 0 Å². The van der Waals surface area contributed by atoms with Crippen LogP contribution in [0.5, 0.6) is 0 Å². The number of amides is 1. The Morgan fingerprint density at radius 2 is 1.92 bits per heavy atom. The van der Waals surface area contributed by atoms with Gasteiger partial charge in [-0.1, -0.05) is 12.1 Å². The number of ketones is 1. The first-order valence-corrected chi connectivity index (χ1v) is 4.06. The highest BCUT2D eigenvalue weighted by Gasteiger charge is 2.04. The number of benzene rings is 1. The second-order valence-corrected chi connectivity index (χ2v) is 2.94. The van der Waals surface area contributed by atoms with Crippen molar-refractivity contribution >= 4 is 17.4 Å². The van der Waals surface area contributed by atoms with Crippen LogP contribution in [0.3, 0.4) is 0 Å². The van der Waals surface area contributed by atoms with Gasteiger partial charge in [-0.15, -0.1) is 0 Å². The number of nitrogens with two attached hydrogens (primary N) is 1. The lowest BCUT2D eigenvalue weighted by molar-refractivity contribution is -0.481. The zero-order valence-electron chi connectivity index (χ0n) is 7.70. The van der Waals surface area contributed by atoms with Crippen LogP contribution in [0, 0.1) is 0 Å². The van der Waals surface area contributed by atoms with Crippen LogP contribution in [-0.2, 0) is 4.79 Å². The predicted molar refractivity (Wildman–Crippen MR) is 48.7 cm³/mol. The summed E-state index contributed by atoms with van der Waals surface area (Å²) in [6, 6.07) is 7.02. The molecule has 0 bridgehead atoms. The Morgan fingerprint density at radius 1 is 1.23 bits per heavy atom. The Kier molecular flexibility index (Phi) is 2.93. The normalized spacial score (nSPS) is 9.69. The molecule has 0 aliphatic heterocycles. The van der Waals surface area contributed by atoms with Crippen LogP contribution in [0.2, 0.25) is 0 Å². The summed E-state index contributed by atoms with van der Waals surface area (Å²) < 4.78 is 0. The average molecular weight is 178 g/mol. The first kappa shape index (κ1) is 9.61. The van der Waals surface area contributed by atoms with Crippen molar-refractivity contribution in [1.82, 2.24) is 0 Å². The predicted octanol–water partition coefficient (Wildman–Crippen LogP) is 0.631. The summed E-state index contributed by atoms with van der Waals surface area (Å²) in [5.41, 5.74) is 1.41. The highest BCUT2D eigenvalue weighted by molar-refractivity contribution is 5.94. The van der Waals surface area contributed by atoms with E-state index in [-0.39, 0.29) is 11.7 Å². The Balaban J connectivity index is 2.91. The van der Waals surface area contributed by atoms with Gasteiger partial charge in [0.05, 0.1) is 6.92 Å². The fraction of sp³-hybridized carbons (Fsp3) is 0.200. The molecule has 1 aromatic carbocycles. The molecule has 0 radical (unpaired) electrons. The van der Waals surface area contributed by atoms with E-state index in [4.69, 9.17) is 0 Å². The van der Waals surface area contributed by atoms with Crippen LogP contribution in [0.4, 0.5) is 5.69 Å². The summed E-state index contributed by atoms with van der Waals surface area (Å²) in [6.45, 7) is 2.99. The van der Waals surface area contributed by atoms with Crippen molar-refractivity contribution in [3.05, 3.63) is 29.8 Å². The zero-order valence-corrected chi connectivity index (χ0v) is 7.70. The third-order valence-corrected chi connectivity index (χ3v) is 1.66. The number of rotatable bonds is 2. The van der Waals surface area contributed by atoms with Crippen LogP contribution in [-0.4, -0.2) is 11.7 Å². The monoisotopic (exact) mass is 178 g/mol. The molecule has 1 aromatic rings. The van der Waals surface area contributed by atoms with Crippen molar-refractivity contribution in [1.29, 1.82) is 0 Å². The lowest BCUT2D eigenvalue weighted by atomic mass is 10.1. The summed E-state index contributed by atoms with van der Waals surface area (Å²) in [6.07, 6.45) is 0. The van der Waals surface area contributed by atoms with E-state index < -0.39 is 0 Å². The molecule has 0 unspecified atom stereocenters. The van der Waals surface area contributed by atoms with Crippen LogP contribution in [0.25, 0.3) is 0 Å². The molecular weight excluding hydrogens is 166 g/mol. The molecule has 13 heavy (non-hydrogen) atoms. The fourth-order valence-electron chi connectivity index (χ4n) is 1.08. The van der Waals surface area contributed by atoms with Gasteiger partial charge in [0.25, 0.3) is 0 Å². The van der Waals surface area contributed by atoms with Gasteiger partial charge in [0.1, 0.15) is 5.69 Å². The summed E-state index contributed by atoms with van der Waals surface area (Å²) in [7, 11) is 0. The van der Waals surface area contributed by atoms with Crippen LogP contribution < -0.4 is 5.32 Å². The maximum absolute atomic E-state index is 11.0. The van der Waals surface area contributed by atoms with Gasteiger partial charge in [0.2, 0.25) is 0 Å². The molecule has 0 heterocycles. The van der Waals surface area contributed by atoms with Crippen molar-refractivity contribution in [3.63, 3.8) is 0 Å². The summed E-state index contributed by atoms with van der Waals surface area (Å²) in [4.78, 5) is 21.7. The maximum atomic E-state index is 11.0. The van der Waals surface area contributed by atoms with Gasteiger partial charge in [0, 0.05) is 11.6 Å². The van der Waals surface area contributed by atoms with E-state index >= 15 is 0 Å². The lowest BCUT2D eigenvalue weighted by Gasteiger charge is -1.97. The molecular formula is C10H12NO2+. The molecule has 2 N–H and O–H groups in total. The van der Waals surface area contributed by atoms with Gasteiger partial charge in [-0.25, -0.2) is 4.79 Å². The minimum atomic E-state index is -0.0132. The standard InChI is InChI=1S/C10H11NO2/c1-7(12)9-4-3-5-10(6-9)11-8(2)13/h3-6H,1-2H3,(H,11,13)/p+1. The van der Waals surface area contributed by atoms with Crippen molar-refractivity contribution in [2.24, 2.45) is 0 Å². The minimum absolute atomic E-state index is 0.0128. The van der Waals surface area contributed by atoms with Crippen molar-refractivity contribution < 1.29 is 14.9 Å². The van der Waals surface area contributed by atoms with Crippen LogP contribution in [0.15, 0.2) is 24.3 Å². The van der Waals surface area contributed by atoms with Gasteiger partial charge in [-0.3, -0.25) is 10.1 Å². The SMILES string of the molecule is CC(=O)[NH2+]c1cccc(C(C)=O)c1. The van der Waals surface area contributed by atoms with E-state index in [1.165, 1.54) is 19.2 Å². The maximum Gasteiger partial charge on any atom is 0.312 e. The molecule has 1 rings (SSSR count). The van der Waals surface area contributed by atoms with E-state index in [9.17, 15) is 9.59 Å². The number of carbonyl (C=O) groups is 2. The molecule has 1 amide bonds. The molecule has 0 aliphatic carbocycles. The number of hydrogen-bond acceptors (Lipinski definition) is 2. The Hall–Kier alpha value is -1.48. The average Bonchev–Trinajstić information content (AvgIpc) is 2.03. The summed E-state index contributed by atoms with van der Waals surface area (Å²) in [5, 5.41) is 1.51. The van der Waals surface area contributed by atoms with Gasteiger partial charge in [-0.05, 0) is 13.0 Å². The van der Waals surface area contributed by atoms with Gasteiger partial charge in [-0.2, -0.15) is 0 Å². The summed E-state index contributed by atoms with van der Waals surface area (Å²) >= 11 is 0. The number of hydrogen-bond donors (Lipinski definition) is 1. The van der Waals surface area contributed by atoms with Crippen molar-refractivity contribution in [3.8, 4) is 0 Å². The van der Waals surface area contributed by atoms with Gasteiger partial charge >= 0.3 is 5.91 Å². The Morgan fingerprint density at radius 3 is 2.46 bits per heavy atom. The van der Waals surface area contributed by atoms with Crippen molar-refractivity contribution in [2.75, 3.05) is 0 Å². The molecule has 3 heteroatoms. The third kappa shape index (κ3) is 2.80. The molecule has 0 saturated heterocycles. The molecule has 68 valence electrons. The van der Waals surface area contributed by atoms with Gasteiger partial charge in [0.15, 0.2) is 5.78 Å². The zero-order chi connectivity index (χ0) is 9.84. The number of Topliss-reactive ketones (excluding diaryl/α,β-unsaturated/α-hetero) is 1.